The zero-order valence-corrected chi connectivity index (χ0v) is 14.0. The SMILES string of the molecule is CN(C)Cc1ccc(CNC(=O)Cc2noc3ccccc23)cc1. The van der Waals surface area contributed by atoms with Crippen LogP contribution in [-0.2, 0) is 24.3 Å². The van der Waals surface area contributed by atoms with Crippen LogP contribution in [0.15, 0.2) is 53.1 Å². The average molecular weight is 323 g/mol. The van der Waals surface area contributed by atoms with Crippen molar-refractivity contribution in [2.24, 2.45) is 0 Å². The number of para-hydroxylation sites is 1. The van der Waals surface area contributed by atoms with Crippen LogP contribution in [0, 0.1) is 0 Å². The number of carbonyl (C=O) groups is 1. The zero-order chi connectivity index (χ0) is 16.9. The van der Waals surface area contributed by atoms with Crippen LogP contribution in [0.2, 0.25) is 0 Å². The van der Waals surface area contributed by atoms with E-state index in [4.69, 9.17) is 4.52 Å². The highest BCUT2D eigenvalue weighted by Gasteiger charge is 2.11. The summed E-state index contributed by atoms with van der Waals surface area (Å²) in [6.45, 7) is 1.42. The van der Waals surface area contributed by atoms with Crippen LogP contribution in [0.5, 0.6) is 0 Å². The minimum Gasteiger partial charge on any atom is -0.356 e. The largest absolute Gasteiger partial charge is 0.356 e. The van der Waals surface area contributed by atoms with Crippen molar-refractivity contribution in [2.45, 2.75) is 19.5 Å². The molecule has 1 heterocycles. The molecular weight excluding hydrogens is 302 g/mol. The van der Waals surface area contributed by atoms with Crippen molar-refractivity contribution in [3.05, 3.63) is 65.4 Å². The third-order valence-electron chi connectivity index (χ3n) is 3.79. The van der Waals surface area contributed by atoms with Crippen LogP contribution in [0.25, 0.3) is 11.0 Å². The molecule has 0 unspecified atom stereocenters. The van der Waals surface area contributed by atoms with Gasteiger partial charge in [0, 0.05) is 18.5 Å². The second-order valence-corrected chi connectivity index (χ2v) is 6.13. The summed E-state index contributed by atoms with van der Waals surface area (Å²) in [5, 5.41) is 7.81. The van der Waals surface area contributed by atoms with Crippen molar-refractivity contribution in [3.63, 3.8) is 0 Å². The highest BCUT2D eigenvalue weighted by Crippen LogP contribution is 2.18. The number of hydrogen-bond donors (Lipinski definition) is 1. The Kier molecular flexibility index (Phi) is 4.91. The van der Waals surface area contributed by atoms with Gasteiger partial charge < -0.3 is 14.7 Å². The van der Waals surface area contributed by atoms with Crippen LogP contribution in [0.4, 0.5) is 0 Å². The molecular formula is C19H21N3O2. The first-order chi connectivity index (χ1) is 11.6. The minimum absolute atomic E-state index is 0.0635. The second kappa shape index (κ2) is 7.27. The standard InChI is InChI=1S/C19H21N3O2/c1-22(2)13-15-9-7-14(8-10-15)12-20-19(23)11-17-16-5-3-4-6-18(16)24-21-17/h3-10H,11-13H2,1-2H3,(H,20,23). The Balaban J connectivity index is 1.55. The maximum absolute atomic E-state index is 12.1. The fraction of sp³-hybridized carbons (Fsp3) is 0.263. The van der Waals surface area contributed by atoms with Crippen LogP contribution >= 0.6 is 0 Å². The van der Waals surface area contributed by atoms with E-state index in [0.29, 0.717) is 17.8 Å². The van der Waals surface area contributed by atoms with Gasteiger partial charge in [0.2, 0.25) is 5.91 Å². The molecule has 24 heavy (non-hydrogen) atoms. The summed E-state index contributed by atoms with van der Waals surface area (Å²) < 4.78 is 5.22. The van der Waals surface area contributed by atoms with Crippen molar-refractivity contribution in [1.29, 1.82) is 0 Å². The fourth-order valence-electron chi connectivity index (χ4n) is 2.61. The van der Waals surface area contributed by atoms with E-state index in [1.165, 1.54) is 5.56 Å². The first-order valence-electron chi connectivity index (χ1n) is 7.94. The van der Waals surface area contributed by atoms with Crippen LogP contribution < -0.4 is 5.32 Å². The predicted molar refractivity (Wildman–Crippen MR) is 93.4 cm³/mol. The maximum atomic E-state index is 12.1. The molecule has 0 atom stereocenters. The number of nitrogens with zero attached hydrogens (tertiary/aromatic N) is 2. The van der Waals surface area contributed by atoms with Crippen LogP contribution in [0.1, 0.15) is 16.8 Å². The van der Waals surface area contributed by atoms with Gasteiger partial charge in [-0.3, -0.25) is 4.79 Å². The Morgan fingerprint density at radius 2 is 1.79 bits per heavy atom. The van der Waals surface area contributed by atoms with E-state index in [-0.39, 0.29) is 12.3 Å². The molecule has 1 aromatic heterocycles. The van der Waals surface area contributed by atoms with Crippen LogP contribution in [-0.4, -0.2) is 30.1 Å². The maximum Gasteiger partial charge on any atom is 0.226 e. The van der Waals surface area contributed by atoms with Gasteiger partial charge in [-0.1, -0.05) is 41.6 Å². The number of nitrogens with one attached hydrogen (secondary N) is 1. The highest BCUT2D eigenvalue weighted by molar-refractivity contribution is 5.86. The normalized spacial score (nSPS) is 11.1. The molecule has 0 aliphatic carbocycles. The number of rotatable bonds is 6. The quantitative estimate of drug-likeness (QED) is 0.758. The molecule has 3 aromatic rings. The van der Waals surface area contributed by atoms with E-state index in [2.05, 4.69) is 27.5 Å². The van der Waals surface area contributed by atoms with E-state index < -0.39 is 0 Å². The van der Waals surface area contributed by atoms with Gasteiger partial charge in [0.1, 0.15) is 5.69 Å². The van der Waals surface area contributed by atoms with E-state index in [1.54, 1.807) is 0 Å². The average Bonchev–Trinajstić information content (AvgIpc) is 2.97. The van der Waals surface area contributed by atoms with Crippen molar-refractivity contribution in [2.75, 3.05) is 14.1 Å². The molecule has 5 nitrogen and oxygen atoms in total. The molecule has 1 amide bonds. The first kappa shape index (κ1) is 16.2. The molecule has 124 valence electrons. The molecule has 0 aliphatic heterocycles. The van der Waals surface area contributed by atoms with Gasteiger partial charge in [-0.2, -0.15) is 0 Å². The van der Waals surface area contributed by atoms with Gasteiger partial charge in [0.05, 0.1) is 6.42 Å². The molecule has 0 radical (unpaired) electrons. The number of amides is 1. The molecule has 5 heteroatoms. The van der Waals surface area contributed by atoms with Crippen molar-refractivity contribution < 1.29 is 9.32 Å². The Hall–Kier alpha value is -2.66. The highest BCUT2D eigenvalue weighted by atomic mass is 16.5. The molecule has 0 saturated heterocycles. The Labute approximate surface area is 141 Å². The van der Waals surface area contributed by atoms with E-state index in [1.807, 2.05) is 50.5 Å². The molecule has 2 aromatic carbocycles. The molecule has 3 rings (SSSR count). The lowest BCUT2D eigenvalue weighted by molar-refractivity contribution is -0.120. The Morgan fingerprint density at radius 3 is 2.54 bits per heavy atom. The number of fused-ring (bicyclic) bond motifs is 1. The summed E-state index contributed by atoms with van der Waals surface area (Å²) in [6, 6.07) is 15.8. The smallest absolute Gasteiger partial charge is 0.226 e. The molecule has 0 fully saturated rings. The number of benzene rings is 2. The third kappa shape index (κ3) is 4.00. The molecule has 0 aliphatic rings. The fourth-order valence-corrected chi connectivity index (χ4v) is 2.61. The van der Waals surface area contributed by atoms with Gasteiger partial charge in [-0.25, -0.2) is 0 Å². The van der Waals surface area contributed by atoms with E-state index in [9.17, 15) is 4.79 Å². The van der Waals surface area contributed by atoms with Crippen molar-refractivity contribution in [3.8, 4) is 0 Å². The van der Waals surface area contributed by atoms with Gasteiger partial charge in [0.25, 0.3) is 0 Å². The zero-order valence-electron chi connectivity index (χ0n) is 14.0. The summed E-state index contributed by atoms with van der Waals surface area (Å²) in [4.78, 5) is 14.3. The lowest BCUT2D eigenvalue weighted by Gasteiger charge is -2.10. The first-order valence-corrected chi connectivity index (χ1v) is 7.94. The summed E-state index contributed by atoms with van der Waals surface area (Å²) in [5.74, 6) is -0.0635. The lowest BCUT2D eigenvalue weighted by Crippen LogP contribution is -2.24. The molecule has 1 N–H and O–H groups in total. The predicted octanol–water partition coefficient (Wildman–Crippen LogP) is 2.75. The Bertz CT molecular complexity index is 822. The summed E-state index contributed by atoms with van der Waals surface area (Å²) >= 11 is 0. The third-order valence-corrected chi connectivity index (χ3v) is 3.79. The number of hydrogen-bond acceptors (Lipinski definition) is 4. The number of carbonyl (C=O) groups excluding carboxylic acids is 1. The Morgan fingerprint density at radius 1 is 1.08 bits per heavy atom. The molecule has 0 spiro atoms. The van der Waals surface area contributed by atoms with Gasteiger partial charge in [-0.15, -0.1) is 0 Å². The van der Waals surface area contributed by atoms with Gasteiger partial charge in [0.15, 0.2) is 5.58 Å². The van der Waals surface area contributed by atoms with Crippen molar-refractivity contribution >= 4 is 16.9 Å². The summed E-state index contributed by atoms with van der Waals surface area (Å²) in [6.07, 6.45) is 0.218. The summed E-state index contributed by atoms with van der Waals surface area (Å²) in [5.41, 5.74) is 3.71. The topological polar surface area (TPSA) is 58.4 Å². The van der Waals surface area contributed by atoms with E-state index >= 15 is 0 Å². The molecule has 0 saturated carbocycles. The molecule has 0 bridgehead atoms. The van der Waals surface area contributed by atoms with Gasteiger partial charge >= 0.3 is 0 Å². The van der Waals surface area contributed by atoms with Crippen LogP contribution in [0.3, 0.4) is 0 Å². The van der Waals surface area contributed by atoms with Crippen molar-refractivity contribution in [1.82, 2.24) is 15.4 Å². The summed E-state index contributed by atoms with van der Waals surface area (Å²) in [7, 11) is 4.09. The van der Waals surface area contributed by atoms with Gasteiger partial charge in [-0.05, 0) is 37.4 Å². The number of aromatic nitrogens is 1. The monoisotopic (exact) mass is 323 g/mol. The second-order valence-electron chi connectivity index (χ2n) is 6.13. The van der Waals surface area contributed by atoms with E-state index in [0.717, 1.165) is 17.5 Å². The minimum atomic E-state index is -0.0635. The lowest BCUT2D eigenvalue weighted by atomic mass is 10.1.